The van der Waals surface area contributed by atoms with Crippen molar-refractivity contribution in [1.29, 1.82) is 0 Å². The summed E-state index contributed by atoms with van der Waals surface area (Å²) in [5.41, 5.74) is 4.45. The van der Waals surface area contributed by atoms with Crippen LogP contribution in [0.5, 0.6) is 0 Å². The molecule has 0 fully saturated rings. The summed E-state index contributed by atoms with van der Waals surface area (Å²) in [7, 11) is 0. The average molecular weight is 429 g/mol. The minimum Gasteiger partial charge on any atom is -0.352 e. The van der Waals surface area contributed by atoms with Crippen molar-refractivity contribution >= 4 is 16.8 Å². The highest BCUT2D eigenvalue weighted by atomic mass is 19.1. The SMILES string of the molecule is CC(C)[C@@H](CC(=O)NCc1ccccc1)c1cn(Cc2ccc(F)cc2)c2ccccc12. The number of benzene rings is 3. The Morgan fingerprint density at radius 2 is 1.59 bits per heavy atom. The van der Waals surface area contributed by atoms with E-state index in [2.05, 4.69) is 42.1 Å². The first-order chi connectivity index (χ1) is 15.5. The van der Waals surface area contributed by atoms with Crippen LogP contribution in [0.4, 0.5) is 4.39 Å². The van der Waals surface area contributed by atoms with E-state index in [-0.39, 0.29) is 17.6 Å². The summed E-state index contributed by atoms with van der Waals surface area (Å²) in [5.74, 6) is 0.240. The topological polar surface area (TPSA) is 34.0 Å². The number of amides is 1. The summed E-state index contributed by atoms with van der Waals surface area (Å²) >= 11 is 0. The molecule has 1 N–H and O–H groups in total. The number of rotatable bonds is 8. The molecule has 0 aliphatic carbocycles. The van der Waals surface area contributed by atoms with Crippen LogP contribution in [0.3, 0.4) is 0 Å². The number of nitrogens with one attached hydrogen (secondary N) is 1. The highest BCUT2D eigenvalue weighted by Crippen LogP contribution is 2.35. The summed E-state index contributed by atoms with van der Waals surface area (Å²) in [6.07, 6.45) is 2.61. The Morgan fingerprint density at radius 3 is 2.31 bits per heavy atom. The van der Waals surface area contributed by atoms with Crippen LogP contribution in [0.2, 0.25) is 0 Å². The molecule has 0 spiro atoms. The second kappa shape index (κ2) is 9.82. The number of nitrogens with zero attached hydrogens (tertiary/aromatic N) is 1. The van der Waals surface area contributed by atoms with E-state index in [1.165, 1.54) is 23.1 Å². The molecule has 0 bridgehead atoms. The Morgan fingerprint density at radius 1 is 0.906 bits per heavy atom. The lowest BCUT2D eigenvalue weighted by Gasteiger charge is -2.20. The lowest BCUT2D eigenvalue weighted by molar-refractivity contribution is -0.121. The largest absolute Gasteiger partial charge is 0.352 e. The van der Waals surface area contributed by atoms with Gasteiger partial charge in [-0.05, 0) is 46.7 Å². The molecule has 0 saturated heterocycles. The van der Waals surface area contributed by atoms with Crippen molar-refractivity contribution in [3.05, 3.63) is 108 Å². The van der Waals surface area contributed by atoms with E-state index in [1.54, 1.807) is 0 Å². The zero-order chi connectivity index (χ0) is 22.5. The van der Waals surface area contributed by atoms with E-state index in [1.807, 2.05) is 54.6 Å². The van der Waals surface area contributed by atoms with Crippen LogP contribution >= 0.6 is 0 Å². The van der Waals surface area contributed by atoms with Crippen LogP contribution < -0.4 is 5.32 Å². The van der Waals surface area contributed by atoms with Crippen LogP contribution in [-0.4, -0.2) is 10.5 Å². The van der Waals surface area contributed by atoms with Crippen molar-refractivity contribution in [2.45, 2.75) is 39.3 Å². The molecule has 1 heterocycles. The summed E-state index contributed by atoms with van der Waals surface area (Å²) in [5, 5.41) is 4.24. The number of hydrogen-bond acceptors (Lipinski definition) is 1. The molecular weight excluding hydrogens is 399 g/mol. The maximum Gasteiger partial charge on any atom is 0.220 e. The standard InChI is InChI=1S/C28H29FN2O/c1-20(2)25(16-28(32)30-17-21-8-4-3-5-9-21)26-19-31(27-11-7-6-10-24(26)27)18-22-12-14-23(29)15-13-22/h3-15,19-20,25H,16-18H2,1-2H3,(H,30,32)/t25-/m1/s1. The molecule has 0 unspecified atom stereocenters. The minimum atomic E-state index is -0.229. The summed E-state index contributed by atoms with van der Waals surface area (Å²) in [6, 6.07) is 24.9. The Kier molecular flexibility index (Phi) is 6.69. The summed E-state index contributed by atoms with van der Waals surface area (Å²) in [4.78, 5) is 12.8. The second-order valence-electron chi connectivity index (χ2n) is 8.67. The van der Waals surface area contributed by atoms with Gasteiger partial charge in [0, 0.05) is 36.6 Å². The molecule has 0 radical (unpaired) electrons. The van der Waals surface area contributed by atoms with Gasteiger partial charge in [-0.25, -0.2) is 4.39 Å². The van der Waals surface area contributed by atoms with Gasteiger partial charge in [0.05, 0.1) is 0 Å². The van der Waals surface area contributed by atoms with Gasteiger partial charge in [0.1, 0.15) is 5.82 Å². The van der Waals surface area contributed by atoms with Gasteiger partial charge in [-0.2, -0.15) is 0 Å². The van der Waals surface area contributed by atoms with E-state index in [0.29, 0.717) is 25.4 Å². The minimum absolute atomic E-state index is 0.0583. The highest BCUT2D eigenvalue weighted by Gasteiger charge is 2.23. The van der Waals surface area contributed by atoms with Gasteiger partial charge < -0.3 is 9.88 Å². The first-order valence-corrected chi connectivity index (χ1v) is 11.1. The molecule has 4 heteroatoms. The van der Waals surface area contributed by atoms with Gasteiger partial charge >= 0.3 is 0 Å². The van der Waals surface area contributed by atoms with Crippen LogP contribution in [0.15, 0.2) is 85.1 Å². The Balaban J connectivity index is 1.57. The molecule has 4 aromatic rings. The predicted octanol–water partition coefficient (Wildman–Crippen LogP) is 6.27. The van der Waals surface area contributed by atoms with Crippen molar-refractivity contribution in [3.63, 3.8) is 0 Å². The Hall–Kier alpha value is -3.40. The summed E-state index contributed by atoms with van der Waals surface area (Å²) in [6.45, 7) is 5.53. The fraction of sp³-hybridized carbons (Fsp3) is 0.250. The summed E-state index contributed by atoms with van der Waals surface area (Å²) < 4.78 is 15.5. The van der Waals surface area contributed by atoms with Crippen LogP contribution in [0.1, 0.15) is 42.9 Å². The lowest BCUT2D eigenvalue weighted by atomic mass is 9.85. The number of aromatic nitrogens is 1. The molecule has 0 saturated carbocycles. The van der Waals surface area contributed by atoms with E-state index >= 15 is 0 Å². The van der Waals surface area contributed by atoms with Crippen molar-refractivity contribution in [1.82, 2.24) is 9.88 Å². The van der Waals surface area contributed by atoms with E-state index < -0.39 is 0 Å². The number of carbonyl (C=O) groups is 1. The fourth-order valence-corrected chi connectivity index (χ4v) is 4.26. The molecule has 1 atom stereocenters. The Bertz CT molecular complexity index is 1180. The molecule has 3 aromatic carbocycles. The van der Waals surface area contributed by atoms with E-state index in [4.69, 9.17) is 0 Å². The lowest BCUT2D eigenvalue weighted by Crippen LogP contribution is -2.26. The molecule has 0 aliphatic rings. The van der Waals surface area contributed by atoms with Crippen molar-refractivity contribution in [2.75, 3.05) is 0 Å². The first kappa shape index (κ1) is 21.8. The molecular formula is C28H29FN2O. The molecule has 164 valence electrons. The zero-order valence-electron chi connectivity index (χ0n) is 18.6. The van der Waals surface area contributed by atoms with Crippen molar-refractivity contribution in [2.24, 2.45) is 5.92 Å². The van der Waals surface area contributed by atoms with Crippen molar-refractivity contribution < 1.29 is 9.18 Å². The molecule has 1 amide bonds. The fourth-order valence-electron chi connectivity index (χ4n) is 4.26. The van der Waals surface area contributed by atoms with Gasteiger partial charge in [0.15, 0.2) is 0 Å². The van der Waals surface area contributed by atoms with Crippen LogP contribution in [-0.2, 0) is 17.9 Å². The number of hydrogen-bond donors (Lipinski definition) is 1. The maximum atomic E-state index is 13.3. The number of halogens is 1. The molecule has 4 rings (SSSR count). The third-order valence-corrected chi connectivity index (χ3v) is 6.03. The van der Waals surface area contributed by atoms with E-state index in [9.17, 15) is 9.18 Å². The molecule has 1 aromatic heterocycles. The maximum absolute atomic E-state index is 13.3. The third-order valence-electron chi connectivity index (χ3n) is 6.03. The highest BCUT2D eigenvalue weighted by molar-refractivity contribution is 5.86. The second-order valence-corrected chi connectivity index (χ2v) is 8.67. The smallest absolute Gasteiger partial charge is 0.220 e. The van der Waals surface area contributed by atoms with Gasteiger partial charge in [-0.3, -0.25) is 4.79 Å². The molecule has 0 aliphatic heterocycles. The predicted molar refractivity (Wildman–Crippen MR) is 128 cm³/mol. The third kappa shape index (κ3) is 5.08. The molecule has 3 nitrogen and oxygen atoms in total. The van der Waals surface area contributed by atoms with Gasteiger partial charge in [0.2, 0.25) is 5.91 Å². The number of para-hydroxylation sites is 1. The van der Waals surface area contributed by atoms with Crippen LogP contribution in [0.25, 0.3) is 10.9 Å². The number of carbonyl (C=O) groups excluding carboxylic acids is 1. The average Bonchev–Trinajstić information content (AvgIpc) is 3.16. The Labute approximate surface area is 188 Å². The monoisotopic (exact) mass is 428 g/mol. The normalized spacial score (nSPS) is 12.2. The number of fused-ring (bicyclic) bond motifs is 1. The zero-order valence-corrected chi connectivity index (χ0v) is 18.6. The first-order valence-electron chi connectivity index (χ1n) is 11.1. The van der Waals surface area contributed by atoms with Crippen molar-refractivity contribution in [3.8, 4) is 0 Å². The van der Waals surface area contributed by atoms with Gasteiger partial charge in [0.25, 0.3) is 0 Å². The van der Waals surface area contributed by atoms with E-state index in [0.717, 1.165) is 16.6 Å². The quantitative estimate of drug-likeness (QED) is 0.352. The molecule has 32 heavy (non-hydrogen) atoms. The van der Waals surface area contributed by atoms with Crippen LogP contribution in [0, 0.1) is 11.7 Å². The van der Waals surface area contributed by atoms with Gasteiger partial charge in [-0.15, -0.1) is 0 Å². The van der Waals surface area contributed by atoms with Gasteiger partial charge in [-0.1, -0.05) is 74.5 Å².